The highest BCUT2D eigenvalue weighted by Crippen LogP contribution is 2.44. The summed E-state index contributed by atoms with van der Waals surface area (Å²) in [7, 11) is 1.61. The van der Waals surface area contributed by atoms with Gasteiger partial charge in [-0.25, -0.2) is 15.0 Å². The van der Waals surface area contributed by atoms with Crippen molar-refractivity contribution in [3.63, 3.8) is 0 Å². The average Bonchev–Trinajstić information content (AvgIpc) is 3.71. The molecule has 0 bridgehead atoms. The monoisotopic (exact) mass is 460 g/mol. The van der Waals surface area contributed by atoms with E-state index in [9.17, 15) is 10.1 Å². The third-order valence-corrected chi connectivity index (χ3v) is 6.62. The molecule has 2 aromatic rings. The lowest BCUT2D eigenvalue weighted by molar-refractivity contribution is -0.135. The number of aromatic nitrogens is 3. The first-order chi connectivity index (χ1) is 16.5. The summed E-state index contributed by atoms with van der Waals surface area (Å²) in [5.41, 5.74) is 3.91. The van der Waals surface area contributed by atoms with Gasteiger partial charge in [0, 0.05) is 38.2 Å². The van der Waals surface area contributed by atoms with Crippen LogP contribution < -0.4 is 4.90 Å². The van der Waals surface area contributed by atoms with Gasteiger partial charge in [0.2, 0.25) is 5.91 Å². The van der Waals surface area contributed by atoms with Crippen LogP contribution in [0.3, 0.4) is 0 Å². The number of ether oxygens (including phenoxy) is 1. The Bertz CT molecular complexity index is 1100. The molecule has 178 valence electrons. The summed E-state index contributed by atoms with van der Waals surface area (Å²) in [4.78, 5) is 30.7. The second-order valence-corrected chi connectivity index (χ2v) is 9.30. The maximum Gasteiger partial charge on any atom is 0.225 e. The summed E-state index contributed by atoms with van der Waals surface area (Å²) in [5.74, 6) is 1.48. The first-order valence-corrected chi connectivity index (χ1v) is 11.9. The molecule has 1 aliphatic carbocycles. The number of methoxy groups -OCH3 is 1. The molecule has 0 N–H and O–H groups in total. The van der Waals surface area contributed by atoms with Crippen LogP contribution in [0.5, 0.6) is 0 Å². The molecule has 1 unspecified atom stereocenters. The number of anilines is 1. The topological polar surface area (TPSA) is 95.2 Å². The fraction of sp³-hybridized carbons (Fsp3) is 0.500. The van der Waals surface area contributed by atoms with Crippen molar-refractivity contribution in [1.82, 2.24) is 19.9 Å². The van der Waals surface area contributed by atoms with Gasteiger partial charge in [0.15, 0.2) is 0 Å². The van der Waals surface area contributed by atoms with E-state index in [1.807, 2.05) is 17.0 Å². The molecular weight excluding hydrogens is 428 g/mol. The summed E-state index contributed by atoms with van der Waals surface area (Å²) >= 11 is 0. The molecule has 0 radical (unpaired) electrons. The van der Waals surface area contributed by atoms with E-state index in [-0.39, 0.29) is 17.9 Å². The van der Waals surface area contributed by atoms with E-state index >= 15 is 0 Å². The van der Waals surface area contributed by atoms with Gasteiger partial charge in [0.25, 0.3) is 0 Å². The molecule has 3 heterocycles. The molecule has 1 atom stereocenters. The number of carbonyl (C=O) groups is 1. The van der Waals surface area contributed by atoms with E-state index in [2.05, 4.69) is 41.4 Å². The Hall–Kier alpha value is -3.31. The maximum atomic E-state index is 12.8. The number of hydrogen-bond donors (Lipinski definition) is 0. The number of piperazine rings is 1. The molecule has 8 heteroatoms. The summed E-state index contributed by atoms with van der Waals surface area (Å²) in [6, 6.07) is 6.22. The van der Waals surface area contributed by atoms with Crippen molar-refractivity contribution in [3.05, 3.63) is 42.0 Å². The van der Waals surface area contributed by atoms with Gasteiger partial charge in [0.1, 0.15) is 18.2 Å². The molecule has 1 amide bonds. The minimum atomic E-state index is 0.0486. The third-order valence-electron chi connectivity index (χ3n) is 6.62. The molecule has 2 aromatic heterocycles. The predicted octanol–water partition coefficient (Wildman–Crippen LogP) is 3.64. The van der Waals surface area contributed by atoms with E-state index in [4.69, 9.17) is 9.72 Å². The molecule has 2 fully saturated rings. The van der Waals surface area contributed by atoms with Crippen LogP contribution in [0.25, 0.3) is 17.3 Å². The normalized spacial score (nSPS) is 18.1. The average molecular weight is 461 g/mol. The van der Waals surface area contributed by atoms with E-state index in [0.29, 0.717) is 50.0 Å². The number of pyridine rings is 1. The van der Waals surface area contributed by atoms with Crippen LogP contribution in [0.4, 0.5) is 5.82 Å². The van der Waals surface area contributed by atoms with E-state index in [1.54, 1.807) is 13.2 Å². The lowest BCUT2D eigenvalue weighted by atomic mass is 9.98. The highest BCUT2D eigenvalue weighted by molar-refractivity contribution is 5.77. The number of hydrogen-bond acceptors (Lipinski definition) is 7. The Morgan fingerprint density at radius 2 is 2.12 bits per heavy atom. The lowest BCUT2D eigenvalue weighted by Crippen LogP contribution is -2.57. The van der Waals surface area contributed by atoms with Crippen LogP contribution in [-0.4, -0.2) is 65.2 Å². The first kappa shape index (κ1) is 23.8. The number of nitrogens with zero attached hydrogens (tertiary/aromatic N) is 6. The largest absolute Gasteiger partial charge is 0.384 e. The van der Waals surface area contributed by atoms with E-state index < -0.39 is 0 Å². The van der Waals surface area contributed by atoms with Gasteiger partial charge in [0.05, 0.1) is 41.7 Å². The van der Waals surface area contributed by atoms with Crippen LogP contribution in [0.15, 0.2) is 25.0 Å². The number of rotatable bonds is 8. The molecule has 1 saturated heterocycles. The summed E-state index contributed by atoms with van der Waals surface area (Å²) in [5, 5.41) is 10.0. The van der Waals surface area contributed by atoms with Crippen LogP contribution in [0, 0.1) is 17.2 Å². The molecular formula is C26H32N6O2. The third kappa shape index (κ3) is 4.95. The van der Waals surface area contributed by atoms with Crippen LogP contribution in [0.2, 0.25) is 0 Å². The van der Waals surface area contributed by atoms with Gasteiger partial charge in [-0.05, 0) is 37.0 Å². The predicted molar refractivity (Wildman–Crippen MR) is 131 cm³/mol. The molecule has 1 aliphatic heterocycles. The highest BCUT2D eigenvalue weighted by Gasteiger charge is 2.35. The highest BCUT2D eigenvalue weighted by atomic mass is 16.5. The fourth-order valence-electron chi connectivity index (χ4n) is 4.56. The Balaban J connectivity index is 1.68. The number of nitriles is 1. The molecule has 0 spiro atoms. The van der Waals surface area contributed by atoms with Gasteiger partial charge in [-0.3, -0.25) is 4.79 Å². The van der Waals surface area contributed by atoms with Gasteiger partial charge in [-0.1, -0.05) is 20.4 Å². The quantitative estimate of drug-likeness (QED) is 0.593. The van der Waals surface area contributed by atoms with Gasteiger partial charge in [-0.15, -0.1) is 0 Å². The SMILES string of the molecule is C=Cc1cc(-c2cc(C#N)c(N3CCN(C(=O)CCOC)C(C(C)C)C3)nc2C2CC2)ncn1. The van der Waals surface area contributed by atoms with Crippen molar-refractivity contribution < 1.29 is 9.53 Å². The summed E-state index contributed by atoms with van der Waals surface area (Å²) in [6.45, 7) is 10.4. The minimum Gasteiger partial charge on any atom is -0.384 e. The Kier molecular flexibility index (Phi) is 7.23. The molecule has 2 aliphatic rings. The van der Waals surface area contributed by atoms with Crippen molar-refractivity contribution in [2.75, 3.05) is 38.3 Å². The minimum absolute atomic E-state index is 0.0486. The van der Waals surface area contributed by atoms with Crippen LogP contribution in [0.1, 0.15) is 56.0 Å². The van der Waals surface area contributed by atoms with Crippen LogP contribution in [-0.2, 0) is 9.53 Å². The molecule has 8 nitrogen and oxygen atoms in total. The van der Waals surface area contributed by atoms with E-state index in [0.717, 1.165) is 35.5 Å². The van der Waals surface area contributed by atoms with Gasteiger partial charge < -0.3 is 14.5 Å². The Morgan fingerprint density at radius 1 is 1.32 bits per heavy atom. The Labute approximate surface area is 201 Å². The van der Waals surface area contributed by atoms with E-state index in [1.165, 1.54) is 6.33 Å². The second-order valence-electron chi connectivity index (χ2n) is 9.30. The van der Waals surface area contributed by atoms with Crippen molar-refractivity contribution in [1.29, 1.82) is 5.26 Å². The Morgan fingerprint density at radius 3 is 2.76 bits per heavy atom. The molecule has 0 aromatic carbocycles. The van der Waals surface area contributed by atoms with Gasteiger partial charge in [-0.2, -0.15) is 5.26 Å². The number of amides is 1. The second kappa shape index (κ2) is 10.3. The zero-order valence-corrected chi connectivity index (χ0v) is 20.2. The zero-order chi connectivity index (χ0) is 24.2. The zero-order valence-electron chi connectivity index (χ0n) is 20.2. The standard InChI is InChI=1S/C26H32N6O2/c1-5-20-13-22(29-16-28-20)21-12-19(14-27)26(30-25(21)18-6-7-18)31-9-10-32(23(15-31)17(2)3)24(33)8-11-34-4/h5,12-13,16-18,23H,1,6-11,15H2,2-4H3. The summed E-state index contributed by atoms with van der Waals surface area (Å²) in [6.07, 6.45) is 5.76. The number of carbonyl (C=O) groups excluding carboxylic acids is 1. The van der Waals surface area contributed by atoms with Crippen molar-refractivity contribution >= 4 is 17.8 Å². The smallest absolute Gasteiger partial charge is 0.225 e. The molecule has 4 rings (SSSR count). The first-order valence-electron chi connectivity index (χ1n) is 11.9. The lowest BCUT2D eigenvalue weighted by Gasteiger charge is -2.44. The fourth-order valence-corrected chi connectivity index (χ4v) is 4.56. The van der Waals surface area contributed by atoms with Crippen molar-refractivity contribution in [2.45, 2.75) is 45.1 Å². The van der Waals surface area contributed by atoms with Crippen molar-refractivity contribution in [2.24, 2.45) is 5.92 Å². The van der Waals surface area contributed by atoms with Gasteiger partial charge >= 0.3 is 0 Å². The van der Waals surface area contributed by atoms with Crippen LogP contribution >= 0.6 is 0 Å². The molecule has 1 saturated carbocycles. The molecule has 34 heavy (non-hydrogen) atoms. The maximum absolute atomic E-state index is 12.8. The summed E-state index contributed by atoms with van der Waals surface area (Å²) < 4.78 is 5.10. The van der Waals surface area contributed by atoms with Crippen molar-refractivity contribution in [3.8, 4) is 17.3 Å².